The lowest BCUT2D eigenvalue weighted by Crippen LogP contribution is -1.97. The van der Waals surface area contributed by atoms with Crippen molar-refractivity contribution in [3.8, 4) is 11.3 Å². The summed E-state index contributed by atoms with van der Waals surface area (Å²) in [6.07, 6.45) is 0. The van der Waals surface area contributed by atoms with E-state index in [4.69, 9.17) is 27.6 Å². The predicted octanol–water partition coefficient (Wildman–Crippen LogP) is 5.87. The number of benzene rings is 2. The minimum absolute atomic E-state index is 0.613. The fourth-order valence-corrected chi connectivity index (χ4v) is 2.34. The zero-order valence-electron chi connectivity index (χ0n) is 11.1. The summed E-state index contributed by atoms with van der Waals surface area (Å²) >= 11 is 11.8. The fourth-order valence-electron chi connectivity index (χ4n) is 2.03. The molecule has 1 aromatic heterocycles. The van der Waals surface area contributed by atoms with Crippen LogP contribution in [-0.4, -0.2) is 0 Å². The zero-order chi connectivity index (χ0) is 14.7. The number of hydrogen-bond acceptors (Lipinski definition) is 2. The van der Waals surface area contributed by atoms with Crippen LogP contribution in [0.2, 0.25) is 10.0 Å². The molecule has 0 aliphatic heterocycles. The lowest BCUT2D eigenvalue weighted by Gasteiger charge is -2.04. The van der Waals surface area contributed by atoms with Gasteiger partial charge < -0.3 is 9.73 Å². The third-order valence-corrected chi connectivity index (χ3v) is 3.57. The highest BCUT2D eigenvalue weighted by Gasteiger charge is 2.05. The second-order valence-electron chi connectivity index (χ2n) is 4.64. The molecule has 0 radical (unpaired) electrons. The maximum absolute atomic E-state index is 5.99. The standard InChI is InChI=1S/C17H13Cl2NO/c18-13-4-6-15(7-5-13)20-11-16-8-9-17(21-16)12-2-1-3-14(19)10-12/h1-10,20H,11H2. The van der Waals surface area contributed by atoms with E-state index in [9.17, 15) is 0 Å². The molecule has 2 nitrogen and oxygen atoms in total. The van der Waals surface area contributed by atoms with Gasteiger partial charge in [-0.1, -0.05) is 35.3 Å². The van der Waals surface area contributed by atoms with Gasteiger partial charge in [0.25, 0.3) is 0 Å². The number of nitrogens with one attached hydrogen (secondary N) is 1. The van der Waals surface area contributed by atoms with E-state index in [1.165, 1.54) is 0 Å². The summed E-state index contributed by atoms with van der Waals surface area (Å²) in [6, 6.07) is 19.1. The van der Waals surface area contributed by atoms with Gasteiger partial charge in [-0.25, -0.2) is 0 Å². The van der Waals surface area contributed by atoms with Gasteiger partial charge in [0.05, 0.1) is 6.54 Å². The van der Waals surface area contributed by atoms with Crippen LogP contribution in [-0.2, 0) is 6.54 Å². The largest absolute Gasteiger partial charge is 0.459 e. The Labute approximate surface area is 133 Å². The van der Waals surface area contributed by atoms with Crippen molar-refractivity contribution in [2.24, 2.45) is 0 Å². The minimum atomic E-state index is 0.613. The first-order valence-electron chi connectivity index (χ1n) is 6.55. The average molecular weight is 318 g/mol. The Morgan fingerprint density at radius 3 is 2.43 bits per heavy atom. The maximum Gasteiger partial charge on any atom is 0.134 e. The third-order valence-electron chi connectivity index (χ3n) is 3.08. The van der Waals surface area contributed by atoms with Crippen LogP contribution in [0.3, 0.4) is 0 Å². The molecule has 0 bridgehead atoms. The highest BCUT2D eigenvalue weighted by atomic mass is 35.5. The molecule has 0 atom stereocenters. The number of anilines is 1. The molecule has 0 spiro atoms. The Morgan fingerprint density at radius 1 is 0.857 bits per heavy atom. The number of furan rings is 1. The van der Waals surface area contributed by atoms with Crippen molar-refractivity contribution in [3.05, 3.63) is 76.5 Å². The molecule has 21 heavy (non-hydrogen) atoms. The van der Waals surface area contributed by atoms with Gasteiger partial charge in [-0.05, 0) is 48.5 Å². The van der Waals surface area contributed by atoms with E-state index in [-0.39, 0.29) is 0 Å². The molecule has 0 saturated heterocycles. The topological polar surface area (TPSA) is 25.2 Å². The Kier molecular flexibility index (Phi) is 4.18. The number of rotatable bonds is 4. The molecule has 0 unspecified atom stereocenters. The summed E-state index contributed by atoms with van der Waals surface area (Å²) in [5.74, 6) is 1.67. The van der Waals surface area contributed by atoms with Crippen molar-refractivity contribution in [1.29, 1.82) is 0 Å². The second-order valence-corrected chi connectivity index (χ2v) is 5.51. The summed E-state index contributed by atoms with van der Waals surface area (Å²) in [7, 11) is 0. The summed E-state index contributed by atoms with van der Waals surface area (Å²) in [5, 5.41) is 4.71. The fraction of sp³-hybridized carbons (Fsp3) is 0.0588. The molecular weight excluding hydrogens is 305 g/mol. The van der Waals surface area contributed by atoms with Crippen LogP contribution >= 0.6 is 23.2 Å². The third kappa shape index (κ3) is 3.60. The van der Waals surface area contributed by atoms with E-state index in [0.717, 1.165) is 27.8 Å². The molecular formula is C17H13Cl2NO. The van der Waals surface area contributed by atoms with Crippen LogP contribution in [0, 0.1) is 0 Å². The Bertz CT molecular complexity index is 735. The lowest BCUT2D eigenvalue weighted by molar-refractivity contribution is 0.531. The summed E-state index contributed by atoms with van der Waals surface area (Å²) < 4.78 is 5.82. The first kappa shape index (κ1) is 14.1. The van der Waals surface area contributed by atoms with Crippen LogP contribution in [0.5, 0.6) is 0 Å². The van der Waals surface area contributed by atoms with Gasteiger partial charge in [-0.2, -0.15) is 0 Å². The van der Waals surface area contributed by atoms with Crippen LogP contribution in [0.15, 0.2) is 65.1 Å². The van der Waals surface area contributed by atoms with Gasteiger partial charge in [0.2, 0.25) is 0 Å². The molecule has 1 N–H and O–H groups in total. The normalized spacial score (nSPS) is 10.6. The smallest absolute Gasteiger partial charge is 0.134 e. The van der Waals surface area contributed by atoms with E-state index in [2.05, 4.69) is 5.32 Å². The van der Waals surface area contributed by atoms with E-state index < -0.39 is 0 Å². The first-order chi connectivity index (χ1) is 10.2. The quantitative estimate of drug-likeness (QED) is 0.651. The van der Waals surface area contributed by atoms with Crippen molar-refractivity contribution < 1.29 is 4.42 Å². The Hall–Kier alpha value is -1.90. The van der Waals surface area contributed by atoms with Gasteiger partial charge in [0.1, 0.15) is 11.5 Å². The van der Waals surface area contributed by atoms with E-state index in [1.807, 2.05) is 60.7 Å². The van der Waals surface area contributed by atoms with Crippen LogP contribution in [0.4, 0.5) is 5.69 Å². The minimum Gasteiger partial charge on any atom is -0.459 e. The molecule has 3 aromatic rings. The van der Waals surface area contributed by atoms with Crippen molar-refractivity contribution in [1.82, 2.24) is 0 Å². The zero-order valence-corrected chi connectivity index (χ0v) is 12.7. The van der Waals surface area contributed by atoms with E-state index in [0.29, 0.717) is 11.6 Å². The van der Waals surface area contributed by atoms with Crippen molar-refractivity contribution >= 4 is 28.9 Å². The average Bonchev–Trinajstić information content (AvgIpc) is 2.96. The predicted molar refractivity (Wildman–Crippen MR) is 87.9 cm³/mol. The second kappa shape index (κ2) is 6.25. The van der Waals surface area contributed by atoms with Crippen LogP contribution in [0.1, 0.15) is 5.76 Å². The molecule has 0 aliphatic rings. The van der Waals surface area contributed by atoms with Gasteiger partial charge in [-0.15, -0.1) is 0 Å². The van der Waals surface area contributed by atoms with Crippen molar-refractivity contribution in [2.75, 3.05) is 5.32 Å². The molecule has 2 aromatic carbocycles. The molecule has 4 heteroatoms. The highest BCUT2D eigenvalue weighted by molar-refractivity contribution is 6.31. The monoisotopic (exact) mass is 317 g/mol. The van der Waals surface area contributed by atoms with E-state index in [1.54, 1.807) is 0 Å². The van der Waals surface area contributed by atoms with Crippen molar-refractivity contribution in [3.63, 3.8) is 0 Å². The first-order valence-corrected chi connectivity index (χ1v) is 7.30. The van der Waals surface area contributed by atoms with Gasteiger partial charge >= 0.3 is 0 Å². The SMILES string of the molecule is Clc1ccc(NCc2ccc(-c3cccc(Cl)c3)o2)cc1. The molecule has 1 heterocycles. The molecule has 0 aliphatic carbocycles. The van der Waals surface area contributed by atoms with Crippen LogP contribution < -0.4 is 5.32 Å². The number of halogens is 2. The summed E-state index contributed by atoms with van der Waals surface area (Å²) in [5.41, 5.74) is 1.97. The lowest BCUT2D eigenvalue weighted by atomic mass is 10.2. The molecule has 3 rings (SSSR count). The Balaban J connectivity index is 1.69. The number of hydrogen-bond donors (Lipinski definition) is 1. The van der Waals surface area contributed by atoms with E-state index >= 15 is 0 Å². The molecule has 0 saturated carbocycles. The van der Waals surface area contributed by atoms with Gasteiger partial charge in [-0.3, -0.25) is 0 Å². The highest BCUT2D eigenvalue weighted by Crippen LogP contribution is 2.25. The molecule has 0 fully saturated rings. The summed E-state index contributed by atoms with van der Waals surface area (Å²) in [6.45, 7) is 0.613. The summed E-state index contributed by atoms with van der Waals surface area (Å²) in [4.78, 5) is 0. The maximum atomic E-state index is 5.99. The molecule has 106 valence electrons. The van der Waals surface area contributed by atoms with Crippen molar-refractivity contribution in [2.45, 2.75) is 6.54 Å². The Morgan fingerprint density at radius 2 is 1.67 bits per heavy atom. The van der Waals surface area contributed by atoms with Gasteiger partial charge in [0.15, 0.2) is 0 Å². The van der Waals surface area contributed by atoms with Gasteiger partial charge in [0, 0.05) is 21.3 Å². The molecule has 0 amide bonds. The van der Waals surface area contributed by atoms with Crippen LogP contribution in [0.25, 0.3) is 11.3 Å².